The topological polar surface area (TPSA) is 87.7 Å². The van der Waals surface area contributed by atoms with Gasteiger partial charge in [-0.2, -0.15) is 0 Å². The van der Waals surface area contributed by atoms with Crippen LogP contribution >= 0.6 is 0 Å². The third-order valence-corrected chi connectivity index (χ3v) is 4.35. The minimum atomic E-state index is -0.617. The number of rotatable bonds is 7. The quantitative estimate of drug-likeness (QED) is 0.734. The number of imide groups is 1. The Morgan fingerprint density at radius 2 is 2.04 bits per heavy atom. The highest BCUT2D eigenvalue weighted by molar-refractivity contribution is 6.04. The van der Waals surface area contributed by atoms with Crippen molar-refractivity contribution in [3.63, 3.8) is 0 Å². The molecule has 0 unspecified atom stereocenters. The minimum absolute atomic E-state index is 0.00245. The molecule has 7 nitrogen and oxygen atoms in total. The maximum atomic E-state index is 12.6. The van der Waals surface area contributed by atoms with Crippen LogP contribution in [0, 0.1) is 0 Å². The number of ether oxygens (including phenoxy) is 1. The average molecular weight is 331 g/mol. The average Bonchev–Trinajstić information content (AvgIpc) is 3.35. The number of nitrogens with one attached hydrogen (secondary N) is 2. The van der Waals surface area contributed by atoms with Crippen LogP contribution < -0.4 is 15.4 Å². The van der Waals surface area contributed by atoms with Crippen LogP contribution in [0.5, 0.6) is 5.75 Å². The fourth-order valence-corrected chi connectivity index (χ4v) is 2.90. The van der Waals surface area contributed by atoms with E-state index in [1.807, 2.05) is 29.2 Å². The van der Waals surface area contributed by atoms with Crippen molar-refractivity contribution < 1.29 is 19.1 Å². The molecule has 3 rings (SSSR count). The Labute approximate surface area is 140 Å². The maximum Gasteiger partial charge on any atom is 0.322 e. The molecule has 0 radical (unpaired) electrons. The number of nitrogens with zero attached hydrogens (tertiary/aromatic N) is 1. The summed E-state index contributed by atoms with van der Waals surface area (Å²) in [5.74, 6) is 0.395. The van der Waals surface area contributed by atoms with E-state index >= 15 is 0 Å². The molecule has 1 aromatic carbocycles. The van der Waals surface area contributed by atoms with Crippen LogP contribution in [0.3, 0.4) is 0 Å². The van der Waals surface area contributed by atoms with E-state index in [1.54, 1.807) is 7.11 Å². The number of carbonyl (C=O) groups excluding carboxylic acids is 3. The second-order valence-electron chi connectivity index (χ2n) is 6.12. The van der Waals surface area contributed by atoms with Crippen LogP contribution in [0.4, 0.5) is 4.79 Å². The summed E-state index contributed by atoms with van der Waals surface area (Å²) in [4.78, 5) is 37.1. The SMILES string of the molecule is COc1ccccc1CN(C(=O)CC[C@H]1NC(=O)NC1=O)C1CC1. The minimum Gasteiger partial charge on any atom is -0.496 e. The first-order valence-corrected chi connectivity index (χ1v) is 8.11. The molecule has 2 aliphatic rings. The lowest BCUT2D eigenvalue weighted by Gasteiger charge is -2.24. The lowest BCUT2D eigenvalue weighted by Crippen LogP contribution is -2.35. The third kappa shape index (κ3) is 3.67. The molecule has 4 amide bonds. The molecule has 1 aliphatic carbocycles. The Morgan fingerprint density at radius 3 is 2.67 bits per heavy atom. The highest BCUT2D eigenvalue weighted by Gasteiger charge is 2.35. The summed E-state index contributed by atoms with van der Waals surface area (Å²) < 4.78 is 5.35. The fraction of sp³-hybridized carbons (Fsp3) is 0.471. The molecule has 2 N–H and O–H groups in total. The Bertz CT molecular complexity index is 657. The fourth-order valence-electron chi connectivity index (χ4n) is 2.90. The van der Waals surface area contributed by atoms with E-state index in [0.29, 0.717) is 13.0 Å². The van der Waals surface area contributed by atoms with Crippen LogP contribution in [0.15, 0.2) is 24.3 Å². The van der Waals surface area contributed by atoms with E-state index < -0.39 is 12.1 Å². The number of hydrogen-bond donors (Lipinski definition) is 2. The lowest BCUT2D eigenvalue weighted by atomic mass is 10.1. The van der Waals surface area contributed by atoms with Gasteiger partial charge in [-0.15, -0.1) is 0 Å². The highest BCUT2D eigenvalue weighted by atomic mass is 16.5. The monoisotopic (exact) mass is 331 g/mol. The van der Waals surface area contributed by atoms with E-state index in [2.05, 4.69) is 10.6 Å². The first-order chi connectivity index (χ1) is 11.6. The summed E-state index contributed by atoms with van der Waals surface area (Å²) >= 11 is 0. The van der Waals surface area contributed by atoms with Crippen LogP contribution in [0.1, 0.15) is 31.2 Å². The number of hydrogen-bond acceptors (Lipinski definition) is 4. The van der Waals surface area contributed by atoms with Gasteiger partial charge in [-0.3, -0.25) is 14.9 Å². The second kappa shape index (κ2) is 6.90. The van der Waals surface area contributed by atoms with Gasteiger partial charge in [0.2, 0.25) is 5.91 Å². The molecule has 1 aromatic rings. The first kappa shape index (κ1) is 16.3. The predicted molar refractivity (Wildman–Crippen MR) is 86.3 cm³/mol. The molecular formula is C17H21N3O4. The molecule has 1 saturated carbocycles. The molecule has 24 heavy (non-hydrogen) atoms. The third-order valence-electron chi connectivity index (χ3n) is 4.35. The lowest BCUT2D eigenvalue weighted by molar-refractivity contribution is -0.132. The molecule has 1 aliphatic heterocycles. The van der Waals surface area contributed by atoms with Crippen LogP contribution in [0.2, 0.25) is 0 Å². The van der Waals surface area contributed by atoms with E-state index in [0.717, 1.165) is 24.2 Å². The Balaban J connectivity index is 1.62. The molecule has 128 valence electrons. The van der Waals surface area contributed by atoms with E-state index in [9.17, 15) is 14.4 Å². The normalized spacial score (nSPS) is 19.6. The summed E-state index contributed by atoms with van der Waals surface area (Å²) in [5, 5.41) is 4.70. The molecule has 1 atom stereocenters. The van der Waals surface area contributed by atoms with Crippen molar-refractivity contribution in [2.24, 2.45) is 0 Å². The molecule has 0 aromatic heterocycles. The smallest absolute Gasteiger partial charge is 0.322 e. The standard InChI is InChI=1S/C17H21N3O4/c1-24-14-5-3-2-4-11(14)10-20(12-6-7-12)15(21)9-8-13-16(22)19-17(23)18-13/h2-5,12-13H,6-10H2,1H3,(H2,18,19,22,23)/t13-/m1/s1. The molecule has 1 heterocycles. The van der Waals surface area contributed by atoms with E-state index in [-0.39, 0.29) is 24.3 Å². The van der Waals surface area contributed by atoms with Gasteiger partial charge in [-0.25, -0.2) is 4.79 Å². The Kier molecular flexibility index (Phi) is 4.69. The van der Waals surface area contributed by atoms with Crippen molar-refractivity contribution >= 4 is 17.8 Å². The van der Waals surface area contributed by atoms with Gasteiger partial charge in [0.25, 0.3) is 5.91 Å². The number of amides is 4. The van der Waals surface area contributed by atoms with E-state index in [4.69, 9.17) is 4.74 Å². The zero-order valence-electron chi connectivity index (χ0n) is 13.6. The number of benzene rings is 1. The molecule has 2 fully saturated rings. The van der Waals surface area contributed by atoms with Crippen molar-refractivity contribution in [1.29, 1.82) is 0 Å². The van der Waals surface area contributed by atoms with Gasteiger partial charge < -0.3 is 15.0 Å². The van der Waals surface area contributed by atoms with Gasteiger partial charge in [-0.05, 0) is 25.3 Å². The zero-order chi connectivity index (χ0) is 17.1. The number of carbonyl (C=O) groups is 3. The van der Waals surface area contributed by atoms with Gasteiger partial charge in [0.15, 0.2) is 0 Å². The summed E-state index contributed by atoms with van der Waals surface area (Å²) in [6.07, 6.45) is 2.54. The number of para-hydroxylation sites is 1. The van der Waals surface area contributed by atoms with Crippen LogP contribution in [-0.2, 0) is 16.1 Å². The summed E-state index contributed by atoms with van der Waals surface area (Å²) in [6, 6.07) is 6.79. The zero-order valence-corrected chi connectivity index (χ0v) is 13.6. The second-order valence-corrected chi connectivity index (χ2v) is 6.12. The molecular weight excluding hydrogens is 310 g/mol. The first-order valence-electron chi connectivity index (χ1n) is 8.11. The Morgan fingerprint density at radius 1 is 1.29 bits per heavy atom. The van der Waals surface area contributed by atoms with Gasteiger partial charge >= 0.3 is 6.03 Å². The van der Waals surface area contributed by atoms with Gasteiger partial charge in [0.1, 0.15) is 11.8 Å². The van der Waals surface area contributed by atoms with Crippen molar-refractivity contribution in [1.82, 2.24) is 15.5 Å². The van der Waals surface area contributed by atoms with Gasteiger partial charge in [0.05, 0.1) is 7.11 Å². The number of methoxy groups -OCH3 is 1. The largest absolute Gasteiger partial charge is 0.496 e. The van der Waals surface area contributed by atoms with Crippen molar-refractivity contribution in [2.45, 2.75) is 44.3 Å². The molecule has 7 heteroatoms. The van der Waals surface area contributed by atoms with Crippen molar-refractivity contribution in [3.05, 3.63) is 29.8 Å². The molecule has 0 bridgehead atoms. The highest BCUT2D eigenvalue weighted by Crippen LogP contribution is 2.31. The summed E-state index contributed by atoms with van der Waals surface area (Å²) in [7, 11) is 1.61. The van der Waals surface area contributed by atoms with Gasteiger partial charge in [0, 0.05) is 24.6 Å². The van der Waals surface area contributed by atoms with Crippen LogP contribution in [0.25, 0.3) is 0 Å². The summed E-state index contributed by atoms with van der Waals surface area (Å²) in [6.45, 7) is 0.497. The van der Waals surface area contributed by atoms with Crippen molar-refractivity contribution in [2.75, 3.05) is 7.11 Å². The predicted octanol–water partition coefficient (Wildman–Crippen LogP) is 1.17. The van der Waals surface area contributed by atoms with E-state index in [1.165, 1.54) is 0 Å². The van der Waals surface area contributed by atoms with Gasteiger partial charge in [-0.1, -0.05) is 18.2 Å². The summed E-state index contributed by atoms with van der Waals surface area (Å²) in [5.41, 5.74) is 0.965. The number of urea groups is 1. The maximum absolute atomic E-state index is 12.6. The Hall–Kier alpha value is -2.57. The molecule has 1 saturated heterocycles. The van der Waals surface area contributed by atoms with Crippen molar-refractivity contribution in [3.8, 4) is 5.75 Å². The molecule has 0 spiro atoms. The van der Waals surface area contributed by atoms with Crippen LogP contribution in [-0.4, -0.2) is 41.9 Å².